The van der Waals surface area contributed by atoms with Gasteiger partial charge >= 0.3 is 6.18 Å². The first-order valence-corrected chi connectivity index (χ1v) is 11.6. The van der Waals surface area contributed by atoms with Crippen LogP contribution in [-0.2, 0) is 6.54 Å². The smallest absolute Gasteiger partial charge is 0.369 e. The molecule has 0 unspecified atom stereocenters. The van der Waals surface area contributed by atoms with Gasteiger partial charge in [-0.15, -0.1) is 11.3 Å². The lowest BCUT2D eigenvalue weighted by atomic mass is 9.96. The summed E-state index contributed by atoms with van der Waals surface area (Å²) in [6, 6.07) is 0. The Bertz CT molecular complexity index is 868. The van der Waals surface area contributed by atoms with E-state index < -0.39 is 12.7 Å². The molecule has 0 radical (unpaired) electrons. The van der Waals surface area contributed by atoms with Crippen LogP contribution in [0.2, 0.25) is 0 Å². The number of anilines is 1. The number of aromatic nitrogens is 2. The van der Waals surface area contributed by atoms with Crippen molar-refractivity contribution in [2.24, 2.45) is 5.92 Å². The minimum absolute atomic E-state index is 0.363. The molecule has 166 valence electrons. The molecule has 4 heterocycles. The van der Waals surface area contributed by atoms with Crippen molar-refractivity contribution >= 4 is 27.4 Å². The van der Waals surface area contributed by atoms with Crippen LogP contribution < -0.4 is 5.32 Å². The molecule has 0 amide bonds. The number of nitrogens with zero attached hydrogens (tertiary/aromatic N) is 4. The molecule has 0 aliphatic carbocycles. The number of fused-ring (bicyclic) bond motifs is 1. The summed E-state index contributed by atoms with van der Waals surface area (Å²) in [7, 11) is 0. The van der Waals surface area contributed by atoms with Gasteiger partial charge in [0.1, 0.15) is 16.5 Å². The molecule has 0 saturated carbocycles. The highest BCUT2D eigenvalue weighted by Crippen LogP contribution is 2.34. The van der Waals surface area contributed by atoms with Crippen LogP contribution in [-0.4, -0.2) is 65.2 Å². The third-order valence-electron chi connectivity index (χ3n) is 6.31. The molecule has 2 aliphatic heterocycles. The number of aryl methyl sites for hydroxylation is 2. The van der Waals surface area contributed by atoms with Crippen LogP contribution in [0.3, 0.4) is 0 Å². The molecule has 2 aromatic rings. The summed E-state index contributed by atoms with van der Waals surface area (Å²) in [6.07, 6.45) is -0.0912. The quantitative estimate of drug-likeness (QED) is 0.710. The summed E-state index contributed by atoms with van der Waals surface area (Å²) in [6.45, 7) is 8.14. The van der Waals surface area contributed by atoms with E-state index in [-0.39, 0.29) is 0 Å². The summed E-state index contributed by atoms with van der Waals surface area (Å²) >= 11 is 1.71. The number of thiophene rings is 1. The molecule has 30 heavy (non-hydrogen) atoms. The lowest BCUT2D eigenvalue weighted by molar-refractivity contribution is -0.148. The zero-order valence-corrected chi connectivity index (χ0v) is 18.5. The van der Waals surface area contributed by atoms with Crippen LogP contribution in [0.4, 0.5) is 19.0 Å². The Hall–Kier alpha value is -1.45. The van der Waals surface area contributed by atoms with Crippen LogP contribution >= 0.6 is 11.3 Å². The van der Waals surface area contributed by atoms with Gasteiger partial charge in [-0.05, 0) is 77.2 Å². The average molecular weight is 442 g/mol. The summed E-state index contributed by atoms with van der Waals surface area (Å²) in [5, 5.41) is 4.63. The van der Waals surface area contributed by atoms with Gasteiger partial charge < -0.3 is 5.32 Å². The van der Waals surface area contributed by atoms with Crippen LogP contribution in [0.5, 0.6) is 0 Å². The van der Waals surface area contributed by atoms with E-state index >= 15 is 0 Å². The number of likely N-dealkylation sites (tertiary alicyclic amines) is 2. The van der Waals surface area contributed by atoms with Crippen molar-refractivity contribution < 1.29 is 13.2 Å². The molecule has 0 bridgehead atoms. The van der Waals surface area contributed by atoms with Gasteiger partial charge in [-0.25, -0.2) is 9.97 Å². The summed E-state index contributed by atoms with van der Waals surface area (Å²) in [4.78, 5) is 15.9. The Morgan fingerprint density at radius 3 is 2.40 bits per heavy atom. The molecule has 2 aliphatic rings. The van der Waals surface area contributed by atoms with E-state index in [4.69, 9.17) is 9.97 Å². The fourth-order valence-electron chi connectivity index (χ4n) is 4.48. The second-order valence-electron chi connectivity index (χ2n) is 8.65. The van der Waals surface area contributed by atoms with Gasteiger partial charge in [0, 0.05) is 11.4 Å². The lowest BCUT2D eigenvalue weighted by Gasteiger charge is -2.32. The van der Waals surface area contributed by atoms with E-state index in [1.165, 1.54) is 28.2 Å². The third kappa shape index (κ3) is 5.23. The molecular formula is C21H30F3N5S. The Morgan fingerprint density at radius 1 is 1.03 bits per heavy atom. The van der Waals surface area contributed by atoms with E-state index in [1.807, 2.05) is 0 Å². The van der Waals surface area contributed by atoms with E-state index in [0.717, 1.165) is 60.9 Å². The Labute approximate surface area is 179 Å². The maximum absolute atomic E-state index is 12.6. The van der Waals surface area contributed by atoms with Crippen molar-refractivity contribution in [1.29, 1.82) is 0 Å². The molecule has 2 fully saturated rings. The first-order chi connectivity index (χ1) is 14.3. The predicted molar refractivity (Wildman–Crippen MR) is 115 cm³/mol. The van der Waals surface area contributed by atoms with Crippen molar-refractivity contribution in [3.05, 3.63) is 16.3 Å². The molecule has 1 N–H and O–H groups in total. The number of rotatable bonds is 6. The summed E-state index contributed by atoms with van der Waals surface area (Å²) in [5.41, 5.74) is 1.21. The van der Waals surface area contributed by atoms with Crippen molar-refractivity contribution in [2.75, 3.05) is 44.6 Å². The van der Waals surface area contributed by atoms with Gasteiger partial charge in [0.15, 0.2) is 0 Å². The maximum atomic E-state index is 12.6. The summed E-state index contributed by atoms with van der Waals surface area (Å²) in [5.74, 6) is 2.10. The molecule has 0 aromatic carbocycles. The lowest BCUT2D eigenvalue weighted by Crippen LogP contribution is -2.41. The van der Waals surface area contributed by atoms with E-state index in [1.54, 1.807) is 11.3 Å². The van der Waals surface area contributed by atoms with Crippen molar-refractivity contribution in [3.63, 3.8) is 0 Å². The molecule has 4 rings (SSSR count). The van der Waals surface area contributed by atoms with Crippen LogP contribution in [0.25, 0.3) is 10.2 Å². The first kappa shape index (κ1) is 21.8. The number of hydrogen-bond acceptors (Lipinski definition) is 6. The molecule has 2 saturated heterocycles. The Balaban J connectivity index is 1.44. The monoisotopic (exact) mass is 441 g/mol. The second kappa shape index (κ2) is 8.96. The third-order valence-corrected chi connectivity index (χ3v) is 7.41. The van der Waals surface area contributed by atoms with Gasteiger partial charge in [0.05, 0.1) is 18.5 Å². The fourth-order valence-corrected chi connectivity index (χ4v) is 5.52. The molecule has 0 atom stereocenters. The highest BCUT2D eigenvalue weighted by molar-refractivity contribution is 7.18. The van der Waals surface area contributed by atoms with Crippen molar-refractivity contribution in [2.45, 2.75) is 52.3 Å². The van der Waals surface area contributed by atoms with Crippen molar-refractivity contribution in [1.82, 2.24) is 19.8 Å². The van der Waals surface area contributed by atoms with Crippen molar-refractivity contribution in [3.8, 4) is 0 Å². The standard InChI is InChI=1S/C21H30F3N5S/c1-14-15(2)30-20-18(14)19(26-17(27-20)12-28-7-3-4-8-28)25-11-16-5-9-29(10-6-16)13-21(22,23)24/h16H,3-13H2,1-2H3,(H,25,26,27). The number of halogens is 3. The van der Waals surface area contributed by atoms with Gasteiger partial charge in [-0.1, -0.05) is 0 Å². The van der Waals surface area contributed by atoms with E-state index in [9.17, 15) is 13.2 Å². The molecule has 0 spiro atoms. The number of hydrogen-bond donors (Lipinski definition) is 1. The Kier molecular flexibility index (Phi) is 6.50. The molecular weight excluding hydrogens is 411 g/mol. The maximum Gasteiger partial charge on any atom is 0.401 e. The largest absolute Gasteiger partial charge is 0.401 e. The van der Waals surface area contributed by atoms with Gasteiger partial charge in [0.25, 0.3) is 0 Å². The SMILES string of the molecule is Cc1sc2nc(CN3CCCC3)nc(NCC3CCN(CC(F)(F)F)CC3)c2c1C. The number of alkyl halides is 3. The van der Waals surface area contributed by atoms with Crippen LogP contribution in [0.15, 0.2) is 0 Å². The zero-order chi connectivity index (χ0) is 21.3. The van der Waals surface area contributed by atoms with Crippen LogP contribution in [0, 0.1) is 19.8 Å². The van der Waals surface area contributed by atoms with Crippen LogP contribution in [0.1, 0.15) is 41.9 Å². The minimum atomic E-state index is -4.11. The topological polar surface area (TPSA) is 44.3 Å². The van der Waals surface area contributed by atoms with Gasteiger partial charge in [0.2, 0.25) is 0 Å². The normalized spacial score (nSPS) is 19.8. The fraction of sp³-hybridized carbons (Fsp3) is 0.714. The van der Waals surface area contributed by atoms with Gasteiger partial charge in [-0.2, -0.15) is 13.2 Å². The van der Waals surface area contributed by atoms with E-state index in [0.29, 0.717) is 19.0 Å². The minimum Gasteiger partial charge on any atom is -0.369 e. The highest BCUT2D eigenvalue weighted by atomic mass is 32.1. The van der Waals surface area contributed by atoms with E-state index in [2.05, 4.69) is 24.1 Å². The molecule has 5 nitrogen and oxygen atoms in total. The number of piperidine rings is 1. The average Bonchev–Trinajstić information content (AvgIpc) is 3.28. The second-order valence-corrected chi connectivity index (χ2v) is 9.85. The van der Waals surface area contributed by atoms with Gasteiger partial charge in [-0.3, -0.25) is 9.80 Å². The number of nitrogens with one attached hydrogen (secondary N) is 1. The highest BCUT2D eigenvalue weighted by Gasteiger charge is 2.32. The zero-order valence-electron chi connectivity index (χ0n) is 17.7. The Morgan fingerprint density at radius 2 is 1.73 bits per heavy atom. The first-order valence-electron chi connectivity index (χ1n) is 10.8. The predicted octanol–water partition coefficient (Wildman–Crippen LogP) is 4.59. The molecule has 2 aromatic heterocycles. The molecule has 9 heteroatoms. The summed E-state index contributed by atoms with van der Waals surface area (Å²) < 4.78 is 37.8.